The van der Waals surface area contributed by atoms with Gasteiger partial charge in [-0.25, -0.2) is 0 Å². The number of benzene rings is 1. The number of hydrogen-bond donors (Lipinski definition) is 1. The first kappa shape index (κ1) is 7.34. The zero-order chi connectivity index (χ0) is 7.68. The van der Waals surface area contributed by atoms with Gasteiger partial charge in [-0.2, -0.15) is 0 Å². The fourth-order valence-corrected chi connectivity index (χ4v) is 4.33. The average molecular weight is 232 g/mol. The maximum absolute atomic E-state index is 5.11. The van der Waals surface area contributed by atoms with E-state index in [0.29, 0.717) is 13.8 Å². The Hall–Kier alpha value is -0.311. The van der Waals surface area contributed by atoms with Gasteiger partial charge in [0, 0.05) is 0 Å². The summed E-state index contributed by atoms with van der Waals surface area (Å²) in [6, 6.07) is 6.14. The average Bonchev–Trinajstić information content (AvgIpc) is 2.50. The van der Waals surface area contributed by atoms with E-state index in [2.05, 4.69) is 16.9 Å². The maximum atomic E-state index is 5.11. The van der Waals surface area contributed by atoms with Crippen molar-refractivity contribution in [1.29, 1.82) is 0 Å². The second kappa shape index (κ2) is 2.97. The SMILES string of the molecule is COc1ccc2c(c1)[Se]SN2. The van der Waals surface area contributed by atoms with Crippen LogP contribution in [-0.4, -0.2) is 20.9 Å². The van der Waals surface area contributed by atoms with Gasteiger partial charge in [0.25, 0.3) is 0 Å². The van der Waals surface area contributed by atoms with Crippen molar-refractivity contribution < 1.29 is 4.74 Å². The molecule has 0 saturated heterocycles. The third kappa shape index (κ3) is 1.34. The number of methoxy groups -OCH3 is 1. The molecule has 0 radical (unpaired) electrons. The van der Waals surface area contributed by atoms with Gasteiger partial charge in [-0.15, -0.1) is 0 Å². The molecule has 2 rings (SSSR count). The standard InChI is InChI=1S/C7H7NOSSe/c1-9-5-2-3-6-7(4-5)11-10-8-6/h2-4,8H,1H3. The molecule has 1 aliphatic heterocycles. The van der Waals surface area contributed by atoms with E-state index in [-0.39, 0.29) is 0 Å². The van der Waals surface area contributed by atoms with Crippen LogP contribution in [0.25, 0.3) is 0 Å². The fraction of sp³-hybridized carbons (Fsp3) is 0.143. The van der Waals surface area contributed by atoms with E-state index in [1.165, 1.54) is 10.1 Å². The molecule has 0 saturated carbocycles. The van der Waals surface area contributed by atoms with Crippen LogP contribution in [0.3, 0.4) is 0 Å². The van der Waals surface area contributed by atoms with Gasteiger partial charge in [-0.05, 0) is 0 Å². The van der Waals surface area contributed by atoms with E-state index in [4.69, 9.17) is 4.74 Å². The van der Waals surface area contributed by atoms with Gasteiger partial charge in [0.05, 0.1) is 0 Å². The summed E-state index contributed by atoms with van der Waals surface area (Å²) in [4.78, 5) is 0. The first-order chi connectivity index (χ1) is 5.40. The third-order valence-corrected chi connectivity index (χ3v) is 4.93. The molecule has 1 N–H and O–H groups in total. The van der Waals surface area contributed by atoms with Gasteiger partial charge in [0.1, 0.15) is 0 Å². The number of anilines is 1. The minimum atomic E-state index is 0.518. The molecule has 1 aromatic rings. The molecule has 0 spiro atoms. The molecular weight excluding hydrogens is 225 g/mol. The van der Waals surface area contributed by atoms with Gasteiger partial charge >= 0.3 is 74.9 Å². The first-order valence-electron chi connectivity index (χ1n) is 3.18. The van der Waals surface area contributed by atoms with Gasteiger partial charge in [-0.3, -0.25) is 0 Å². The molecule has 0 aromatic heterocycles. The molecule has 4 heteroatoms. The summed E-state index contributed by atoms with van der Waals surface area (Å²) in [6.45, 7) is 0. The van der Waals surface area contributed by atoms with Crippen molar-refractivity contribution in [1.82, 2.24) is 0 Å². The topological polar surface area (TPSA) is 21.3 Å². The van der Waals surface area contributed by atoms with Crippen LogP contribution < -0.4 is 13.9 Å². The number of fused-ring (bicyclic) bond motifs is 1. The van der Waals surface area contributed by atoms with Crippen molar-refractivity contribution in [2.24, 2.45) is 0 Å². The Morgan fingerprint density at radius 1 is 1.55 bits per heavy atom. The molecule has 2 nitrogen and oxygen atoms in total. The Kier molecular flexibility index (Phi) is 1.98. The quantitative estimate of drug-likeness (QED) is 0.577. The number of nitrogens with one attached hydrogen (secondary N) is 1. The molecule has 0 aliphatic carbocycles. The van der Waals surface area contributed by atoms with E-state index >= 15 is 0 Å². The van der Waals surface area contributed by atoms with Crippen molar-refractivity contribution >= 4 is 34.4 Å². The van der Waals surface area contributed by atoms with Crippen molar-refractivity contribution in [3.63, 3.8) is 0 Å². The van der Waals surface area contributed by atoms with E-state index < -0.39 is 0 Å². The molecule has 0 bridgehead atoms. The molecule has 0 amide bonds. The van der Waals surface area contributed by atoms with Crippen molar-refractivity contribution in [2.75, 3.05) is 11.8 Å². The molecule has 0 atom stereocenters. The molecule has 11 heavy (non-hydrogen) atoms. The predicted octanol–water partition coefficient (Wildman–Crippen LogP) is 1.01. The second-order valence-corrected chi connectivity index (χ2v) is 5.69. The Morgan fingerprint density at radius 2 is 2.45 bits per heavy atom. The molecule has 0 unspecified atom stereocenters. The van der Waals surface area contributed by atoms with E-state index in [0.717, 1.165) is 5.75 Å². The Bertz CT molecular complexity index is 279. The van der Waals surface area contributed by atoms with Gasteiger partial charge in [0.2, 0.25) is 0 Å². The molecule has 1 aromatic carbocycles. The molecule has 1 aliphatic rings. The normalized spacial score (nSPS) is 13.9. The van der Waals surface area contributed by atoms with Crippen molar-refractivity contribution in [2.45, 2.75) is 0 Å². The summed E-state index contributed by atoms with van der Waals surface area (Å²) in [7, 11) is 3.48. The fourth-order valence-electron chi connectivity index (χ4n) is 0.894. The Balaban J connectivity index is 2.41. The van der Waals surface area contributed by atoms with Gasteiger partial charge < -0.3 is 0 Å². The predicted molar refractivity (Wildman–Crippen MR) is 49.6 cm³/mol. The summed E-state index contributed by atoms with van der Waals surface area (Å²) < 4.78 is 9.74. The van der Waals surface area contributed by atoms with Crippen LogP contribution in [0, 0.1) is 0 Å². The Labute approximate surface area is 75.1 Å². The monoisotopic (exact) mass is 233 g/mol. The van der Waals surface area contributed by atoms with Crippen LogP contribution in [0.2, 0.25) is 0 Å². The van der Waals surface area contributed by atoms with Crippen LogP contribution in [0.5, 0.6) is 5.75 Å². The summed E-state index contributed by atoms with van der Waals surface area (Å²) >= 11 is 0.518. The molecular formula is C7H7NOSSe. The van der Waals surface area contributed by atoms with Crippen molar-refractivity contribution in [3.8, 4) is 5.75 Å². The van der Waals surface area contributed by atoms with Crippen LogP contribution >= 0.6 is 10.4 Å². The van der Waals surface area contributed by atoms with Crippen molar-refractivity contribution in [3.05, 3.63) is 18.2 Å². The molecule has 0 fully saturated rings. The van der Waals surface area contributed by atoms with Crippen LogP contribution in [-0.2, 0) is 0 Å². The number of ether oxygens (including phenoxy) is 1. The number of rotatable bonds is 1. The summed E-state index contributed by atoms with van der Waals surface area (Å²) in [5.74, 6) is 0.954. The zero-order valence-electron chi connectivity index (χ0n) is 5.96. The van der Waals surface area contributed by atoms with Crippen LogP contribution in [0.4, 0.5) is 5.69 Å². The number of hydrogen-bond acceptors (Lipinski definition) is 3. The Morgan fingerprint density at radius 3 is 3.27 bits per heavy atom. The zero-order valence-corrected chi connectivity index (χ0v) is 8.49. The van der Waals surface area contributed by atoms with Gasteiger partial charge in [-0.1, -0.05) is 0 Å². The summed E-state index contributed by atoms with van der Waals surface area (Å²) in [6.07, 6.45) is 0. The third-order valence-electron chi connectivity index (χ3n) is 1.47. The first-order valence-corrected chi connectivity index (χ1v) is 6.87. The van der Waals surface area contributed by atoms with E-state index in [1.807, 2.05) is 6.07 Å². The van der Waals surface area contributed by atoms with Gasteiger partial charge in [0.15, 0.2) is 0 Å². The van der Waals surface area contributed by atoms with Crippen LogP contribution in [0.15, 0.2) is 18.2 Å². The summed E-state index contributed by atoms with van der Waals surface area (Å²) in [5.41, 5.74) is 1.25. The summed E-state index contributed by atoms with van der Waals surface area (Å²) in [5, 5.41) is 0. The van der Waals surface area contributed by atoms with E-state index in [1.54, 1.807) is 17.5 Å². The molecule has 58 valence electrons. The van der Waals surface area contributed by atoms with E-state index in [9.17, 15) is 0 Å². The molecule has 1 heterocycles. The second-order valence-electron chi connectivity index (χ2n) is 2.13. The minimum absolute atomic E-state index is 0.518. The van der Waals surface area contributed by atoms with Crippen LogP contribution in [0.1, 0.15) is 0 Å².